The lowest BCUT2D eigenvalue weighted by molar-refractivity contribution is 0.0998. The lowest BCUT2D eigenvalue weighted by atomic mass is 10.2. The SMILES string of the molecule is Cc1c(N)ncnc1Oc1ccccc1C(N)=O. The fourth-order valence-corrected chi connectivity index (χ4v) is 1.41. The molecule has 0 aliphatic carbocycles. The normalized spacial score (nSPS) is 10.1. The number of nitrogen functional groups attached to an aromatic ring is 1. The van der Waals surface area contributed by atoms with Gasteiger partial charge >= 0.3 is 0 Å². The highest BCUT2D eigenvalue weighted by Gasteiger charge is 2.12. The Balaban J connectivity index is 2.40. The third-order valence-electron chi connectivity index (χ3n) is 2.44. The van der Waals surface area contributed by atoms with Crippen LogP contribution in [0.25, 0.3) is 0 Å². The number of para-hydroxylation sites is 1. The highest BCUT2D eigenvalue weighted by molar-refractivity contribution is 5.95. The molecule has 6 heteroatoms. The summed E-state index contributed by atoms with van der Waals surface area (Å²) < 4.78 is 5.55. The predicted octanol–water partition coefficient (Wildman–Crippen LogP) is 1.26. The molecule has 2 aromatic rings. The lowest BCUT2D eigenvalue weighted by Gasteiger charge is -2.10. The summed E-state index contributed by atoms with van der Waals surface area (Å²) in [5.74, 6) is 0.407. The summed E-state index contributed by atoms with van der Waals surface area (Å²) in [7, 11) is 0. The maximum absolute atomic E-state index is 11.2. The third-order valence-corrected chi connectivity index (χ3v) is 2.44. The van der Waals surface area contributed by atoms with Gasteiger partial charge in [0.2, 0.25) is 5.88 Å². The van der Waals surface area contributed by atoms with E-state index in [1.807, 2.05) is 0 Å². The summed E-state index contributed by atoms with van der Waals surface area (Å²) >= 11 is 0. The number of anilines is 1. The molecule has 0 radical (unpaired) electrons. The van der Waals surface area contributed by atoms with Crippen LogP contribution in [0, 0.1) is 6.92 Å². The van der Waals surface area contributed by atoms with E-state index >= 15 is 0 Å². The van der Waals surface area contributed by atoms with Crippen LogP contribution in [0.4, 0.5) is 5.82 Å². The van der Waals surface area contributed by atoms with E-state index in [0.29, 0.717) is 23.0 Å². The van der Waals surface area contributed by atoms with Gasteiger partial charge in [0, 0.05) is 0 Å². The monoisotopic (exact) mass is 244 g/mol. The Hall–Kier alpha value is -2.63. The summed E-state index contributed by atoms with van der Waals surface area (Å²) in [5.41, 5.74) is 11.8. The molecule has 0 unspecified atom stereocenters. The van der Waals surface area contributed by atoms with Crippen LogP contribution in [0.5, 0.6) is 11.6 Å². The van der Waals surface area contributed by atoms with Gasteiger partial charge in [-0.05, 0) is 19.1 Å². The first-order valence-corrected chi connectivity index (χ1v) is 5.23. The van der Waals surface area contributed by atoms with Crippen molar-refractivity contribution in [2.24, 2.45) is 5.73 Å². The minimum absolute atomic E-state index is 0.286. The molecular formula is C12H12N4O2. The van der Waals surface area contributed by atoms with Crippen LogP contribution in [0.15, 0.2) is 30.6 Å². The van der Waals surface area contributed by atoms with Gasteiger partial charge in [0.1, 0.15) is 17.9 Å². The van der Waals surface area contributed by atoms with Gasteiger partial charge in [-0.1, -0.05) is 12.1 Å². The second-order valence-corrected chi connectivity index (χ2v) is 3.65. The number of amides is 1. The summed E-state index contributed by atoms with van der Waals surface area (Å²) in [6.07, 6.45) is 1.30. The van der Waals surface area contributed by atoms with Gasteiger partial charge in [0.05, 0.1) is 11.1 Å². The molecule has 0 fully saturated rings. The van der Waals surface area contributed by atoms with Crippen molar-refractivity contribution in [1.29, 1.82) is 0 Å². The van der Waals surface area contributed by atoms with Crippen molar-refractivity contribution in [3.05, 3.63) is 41.7 Å². The first-order chi connectivity index (χ1) is 8.59. The molecule has 0 bridgehead atoms. The smallest absolute Gasteiger partial charge is 0.252 e. The summed E-state index contributed by atoms with van der Waals surface area (Å²) in [6, 6.07) is 6.66. The zero-order chi connectivity index (χ0) is 13.1. The zero-order valence-corrected chi connectivity index (χ0v) is 9.75. The average molecular weight is 244 g/mol. The van der Waals surface area contributed by atoms with Crippen LogP contribution >= 0.6 is 0 Å². The number of hydrogen-bond acceptors (Lipinski definition) is 5. The molecule has 0 atom stereocenters. The maximum atomic E-state index is 11.2. The van der Waals surface area contributed by atoms with Crippen LogP contribution in [0.2, 0.25) is 0 Å². The molecule has 0 aliphatic rings. The molecule has 92 valence electrons. The highest BCUT2D eigenvalue weighted by Crippen LogP contribution is 2.27. The van der Waals surface area contributed by atoms with E-state index < -0.39 is 5.91 Å². The molecule has 1 amide bonds. The van der Waals surface area contributed by atoms with Crippen LogP contribution in [0.1, 0.15) is 15.9 Å². The molecule has 1 heterocycles. The van der Waals surface area contributed by atoms with Crippen LogP contribution in [-0.2, 0) is 0 Å². The number of ether oxygens (including phenoxy) is 1. The fraction of sp³-hybridized carbons (Fsp3) is 0.0833. The quantitative estimate of drug-likeness (QED) is 0.845. The minimum atomic E-state index is -0.565. The highest BCUT2D eigenvalue weighted by atomic mass is 16.5. The maximum Gasteiger partial charge on any atom is 0.252 e. The van der Waals surface area contributed by atoms with Crippen molar-refractivity contribution >= 4 is 11.7 Å². The molecule has 1 aromatic carbocycles. The van der Waals surface area contributed by atoms with Crippen LogP contribution < -0.4 is 16.2 Å². The largest absolute Gasteiger partial charge is 0.438 e. The first kappa shape index (κ1) is 11.8. The predicted molar refractivity (Wildman–Crippen MR) is 66.2 cm³/mol. The molecule has 18 heavy (non-hydrogen) atoms. The van der Waals surface area contributed by atoms with E-state index in [0.717, 1.165) is 0 Å². The van der Waals surface area contributed by atoms with Crippen LogP contribution in [-0.4, -0.2) is 15.9 Å². The second-order valence-electron chi connectivity index (χ2n) is 3.65. The number of carbonyl (C=O) groups is 1. The Morgan fingerprint density at radius 1 is 1.28 bits per heavy atom. The molecular weight excluding hydrogens is 232 g/mol. The summed E-state index contributed by atoms with van der Waals surface area (Å²) in [6.45, 7) is 1.73. The third kappa shape index (κ3) is 2.22. The topological polar surface area (TPSA) is 104 Å². The number of hydrogen-bond donors (Lipinski definition) is 2. The second kappa shape index (κ2) is 4.70. The van der Waals surface area contributed by atoms with Gasteiger partial charge in [-0.15, -0.1) is 0 Å². The van der Waals surface area contributed by atoms with Crippen molar-refractivity contribution in [2.75, 3.05) is 5.73 Å². The number of primary amides is 1. The Morgan fingerprint density at radius 2 is 2.00 bits per heavy atom. The Bertz CT molecular complexity index is 598. The van der Waals surface area contributed by atoms with Crippen molar-refractivity contribution < 1.29 is 9.53 Å². The van der Waals surface area contributed by atoms with Gasteiger partial charge in [0.25, 0.3) is 5.91 Å². The Morgan fingerprint density at radius 3 is 2.72 bits per heavy atom. The molecule has 2 rings (SSSR count). The molecule has 0 aliphatic heterocycles. The molecule has 0 spiro atoms. The van der Waals surface area contributed by atoms with Gasteiger partial charge in [-0.2, -0.15) is 0 Å². The van der Waals surface area contributed by atoms with E-state index in [1.165, 1.54) is 6.33 Å². The fourth-order valence-electron chi connectivity index (χ4n) is 1.41. The number of benzene rings is 1. The molecule has 0 saturated carbocycles. The molecule has 0 saturated heterocycles. The zero-order valence-electron chi connectivity index (χ0n) is 9.75. The van der Waals surface area contributed by atoms with Gasteiger partial charge in [0.15, 0.2) is 0 Å². The van der Waals surface area contributed by atoms with E-state index in [4.69, 9.17) is 16.2 Å². The summed E-state index contributed by atoms with van der Waals surface area (Å²) in [5, 5.41) is 0. The standard InChI is InChI=1S/C12H12N4O2/c1-7-10(13)15-6-16-12(7)18-9-5-3-2-4-8(9)11(14)17/h2-6H,1H3,(H2,14,17)(H2,13,15,16). The Kier molecular flexibility index (Phi) is 3.09. The van der Waals surface area contributed by atoms with Crippen molar-refractivity contribution in [2.45, 2.75) is 6.92 Å². The Labute approximate surface area is 104 Å². The van der Waals surface area contributed by atoms with Crippen molar-refractivity contribution in [3.63, 3.8) is 0 Å². The van der Waals surface area contributed by atoms with E-state index in [2.05, 4.69) is 9.97 Å². The molecule has 4 N–H and O–H groups in total. The van der Waals surface area contributed by atoms with Gasteiger partial charge < -0.3 is 16.2 Å². The average Bonchev–Trinajstić information content (AvgIpc) is 2.35. The molecule has 6 nitrogen and oxygen atoms in total. The number of carbonyl (C=O) groups excluding carboxylic acids is 1. The van der Waals surface area contributed by atoms with Crippen molar-refractivity contribution in [3.8, 4) is 11.6 Å². The minimum Gasteiger partial charge on any atom is -0.438 e. The van der Waals surface area contributed by atoms with Gasteiger partial charge in [-0.25, -0.2) is 9.97 Å². The van der Waals surface area contributed by atoms with Crippen LogP contribution in [0.3, 0.4) is 0 Å². The van der Waals surface area contributed by atoms with E-state index in [9.17, 15) is 4.79 Å². The van der Waals surface area contributed by atoms with Gasteiger partial charge in [-0.3, -0.25) is 4.79 Å². The number of aromatic nitrogens is 2. The number of nitrogens with two attached hydrogens (primary N) is 2. The molecule has 1 aromatic heterocycles. The lowest BCUT2D eigenvalue weighted by Crippen LogP contribution is -2.12. The number of rotatable bonds is 3. The van der Waals surface area contributed by atoms with Crippen molar-refractivity contribution in [1.82, 2.24) is 9.97 Å². The summed E-state index contributed by atoms with van der Waals surface area (Å²) in [4.78, 5) is 19.1. The van der Waals surface area contributed by atoms with E-state index in [-0.39, 0.29) is 5.56 Å². The number of nitrogens with zero attached hydrogens (tertiary/aromatic N) is 2. The first-order valence-electron chi connectivity index (χ1n) is 5.23. The van der Waals surface area contributed by atoms with E-state index in [1.54, 1.807) is 31.2 Å².